The molecule has 106 valence electrons. The van der Waals surface area contributed by atoms with Gasteiger partial charge in [-0.1, -0.05) is 12.1 Å². The van der Waals surface area contributed by atoms with E-state index in [0.29, 0.717) is 19.6 Å². The molecular formula is C15H19N3O2. The van der Waals surface area contributed by atoms with Gasteiger partial charge in [-0.15, -0.1) is 0 Å². The Kier molecular flexibility index (Phi) is 3.97. The van der Waals surface area contributed by atoms with Gasteiger partial charge < -0.3 is 15.0 Å². The Balaban J connectivity index is 1.50. The van der Waals surface area contributed by atoms with E-state index in [1.165, 1.54) is 0 Å². The molecule has 0 saturated carbocycles. The van der Waals surface area contributed by atoms with Crippen molar-refractivity contribution in [1.29, 1.82) is 0 Å². The molecule has 2 N–H and O–H groups in total. The van der Waals surface area contributed by atoms with Gasteiger partial charge in [-0.3, -0.25) is 4.79 Å². The number of nitrogens with one attached hydrogen (secondary N) is 2. The Morgan fingerprint density at radius 2 is 2.30 bits per heavy atom. The minimum absolute atomic E-state index is 0.000751. The molecule has 3 rings (SSSR count). The molecule has 2 heterocycles. The van der Waals surface area contributed by atoms with Crippen LogP contribution in [0.1, 0.15) is 25.1 Å². The van der Waals surface area contributed by atoms with Crippen LogP contribution in [0.2, 0.25) is 0 Å². The summed E-state index contributed by atoms with van der Waals surface area (Å²) in [4.78, 5) is 19.6. The van der Waals surface area contributed by atoms with Crippen LogP contribution in [-0.4, -0.2) is 35.1 Å². The van der Waals surface area contributed by atoms with Gasteiger partial charge in [0.15, 0.2) is 0 Å². The highest BCUT2D eigenvalue weighted by molar-refractivity contribution is 5.80. The van der Waals surface area contributed by atoms with Gasteiger partial charge in [-0.05, 0) is 31.4 Å². The minimum Gasteiger partial charge on any atom is -0.368 e. The summed E-state index contributed by atoms with van der Waals surface area (Å²) in [6, 6.07) is 7.92. The number of aromatic amines is 1. The molecule has 2 aromatic rings. The van der Waals surface area contributed by atoms with Crippen molar-refractivity contribution >= 4 is 16.9 Å². The minimum atomic E-state index is -0.264. The smallest absolute Gasteiger partial charge is 0.249 e. The van der Waals surface area contributed by atoms with Crippen LogP contribution in [0.25, 0.3) is 11.0 Å². The van der Waals surface area contributed by atoms with E-state index in [1.807, 2.05) is 24.3 Å². The van der Waals surface area contributed by atoms with E-state index in [2.05, 4.69) is 15.3 Å². The quantitative estimate of drug-likeness (QED) is 0.892. The van der Waals surface area contributed by atoms with Crippen molar-refractivity contribution < 1.29 is 9.53 Å². The fourth-order valence-electron chi connectivity index (χ4n) is 2.49. The predicted octanol–water partition coefficient (Wildman–Crippen LogP) is 1.79. The van der Waals surface area contributed by atoms with Gasteiger partial charge >= 0.3 is 0 Å². The second-order valence-electron chi connectivity index (χ2n) is 5.10. The maximum absolute atomic E-state index is 11.9. The van der Waals surface area contributed by atoms with Crippen molar-refractivity contribution in [1.82, 2.24) is 15.3 Å². The number of H-pyrrole nitrogens is 1. The summed E-state index contributed by atoms with van der Waals surface area (Å²) in [6.45, 7) is 1.28. The number of carbonyl (C=O) groups is 1. The Bertz CT molecular complexity index is 555. The molecule has 0 radical (unpaired) electrons. The third-order valence-electron chi connectivity index (χ3n) is 3.57. The molecule has 5 nitrogen and oxygen atoms in total. The third kappa shape index (κ3) is 2.99. The Morgan fingerprint density at radius 3 is 3.10 bits per heavy atom. The Hall–Kier alpha value is -1.88. The van der Waals surface area contributed by atoms with Crippen LogP contribution < -0.4 is 5.32 Å². The van der Waals surface area contributed by atoms with Crippen LogP contribution in [0.3, 0.4) is 0 Å². The lowest BCUT2D eigenvalue weighted by Gasteiger charge is -2.21. The summed E-state index contributed by atoms with van der Waals surface area (Å²) < 4.78 is 5.46. The van der Waals surface area contributed by atoms with Gasteiger partial charge in [0.2, 0.25) is 5.91 Å². The summed E-state index contributed by atoms with van der Waals surface area (Å²) in [5, 5.41) is 2.92. The number of fused-ring (bicyclic) bond motifs is 1. The first kappa shape index (κ1) is 13.1. The number of nitrogens with zero attached hydrogens (tertiary/aromatic N) is 1. The van der Waals surface area contributed by atoms with Gasteiger partial charge in [-0.2, -0.15) is 0 Å². The number of imidazole rings is 1. The summed E-state index contributed by atoms with van der Waals surface area (Å²) in [5.41, 5.74) is 1.99. The molecule has 0 unspecified atom stereocenters. The first-order chi connectivity index (χ1) is 9.83. The normalized spacial score (nSPS) is 19.1. The number of aromatic nitrogens is 2. The van der Waals surface area contributed by atoms with Gasteiger partial charge in [-0.25, -0.2) is 4.98 Å². The lowest BCUT2D eigenvalue weighted by atomic mass is 10.1. The number of rotatable bonds is 4. The molecule has 1 saturated heterocycles. The highest BCUT2D eigenvalue weighted by atomic mass is 16.5. The molecule has 20 heavy (non-hydrogen) atoms. The fourth-order valence-corrected chi connectivity index (χ4v) is 2.49. The SMILES string of the molecule is O=C(NCCc1nc2ccccc2[nH]1)[C@H]1CCCCO1. The average Bonchev–Trinajstić information content (AvgIpc) is 2.90. The maximum Gasteiger partial charge on any atom is 0.249 e. The molecule has 1 aromatic heterocycles. The van der Waals surface area contributed by atoms with Crippen molar-refractivity contribution in [3.63, 3.8) is 0 Å². The number of amides is 1. The molecule has 0 aliphatic carbocycles. The lowest BCUT2D eigenvalue weighted by molar-refractivity contribution is -0.135. The average molecular weight is 273 g/mol. The number of para-hydroxylation sites is 2. The fraction of sp³-hybridized carbons (Fsp3) is 0.467. The predicted molar refractivity (Wildman–Crippen MR) is 76.4 cm³/mol. The van der Waals surface area contributed by atoms with E-state index in [-0.39, 0.29) is 12.0 Å². The van der Waals surface area contributed by atoms with Crippen LogP contribution in [0.15, 0.2) is 24.3 Å². The highest BCUT2D eigenvalue weighted by Gasteiger charge is 2.21. The molecule has 1 aliphatic rings. The van der Waals surface area contributed by atoms with Crippen LogP contribution in [0.4, 0.5) is 0 Å². The first-order valence-electron chi connectivity index (χ1n) is 7.16. The topological polar surface area (TPSA) is 67.0 Å². The lowest BCUT2D eigenvalue weighted by Crippen LogP contribution is -2.39. The number of ether oxygens (including phenoxy) is 1. The van der Waals surface area contributed by atoms with Crippen molar-refractivity contribution in [3.8, 4) is 0 Å². The van der Waals surface area contributed by atoms with Crippen molar-refractivity contribution in [2.75, 3.05) is 13.2 Å². The molecule has 0 spiro atoms. The van der Waals surface area contributed by atoms with Crippen molar-refractivity contribution in [2.45, 2.75) is 31.8 Å². The van der Waals surface area contributed by atoms with Crippen molar-refractivity contribution in [3.05, 3.63) is 30.1 Å². The van der Waals surface area contributed by atoms with Crippen LogP contribution in [-0.2, 0) is 16.0 Å². The standard InChI is InChI=1S/C15H19N3O2/c19-15(13-7-3-4-10-20-13)16-9-8-14-17-11-5-1-2-6-12(11)18-14/h1-2,5-6,13H,3-4,7-10H2,(H,16,19)(H,17,18)/t13-/m1/s1. The summed E-state index contributed by atoms with van der Waals surface area (Å²) >= 11 is 0. The zero-order valence-corrected chi connectivity index (χ0v) is 11.4. The van der Waals surface area contributed by atoms with E-state index in [4.69, 9.17) is 4.74 Å². The van der Waals surface area contributed by atoms with Gasteiger partial charge in [0.1, 0.15) is 11.9 Å². The molecule has 1 aromatic carbocycles. The molecule has 1 atom stereocenters. The molecule has 1 amide bonds. The summed E-state index contributed by atoms with van der Waals surface area (Å²) in [5.74, 6) is 0.900. The van der Waals surface area contributed by atoms with Gasteiger partial charge in [0.25, 0.3) is 0 Å². The third-order valence-corrected chi connectivity index (χ3v) is 3.57. The molecule has 5 heteroatoms. The van der Waals surface area contributed by atoms with Crippen LogP contribution in [0, 0.1) is 0 Å². The highest BCUT2D eigenvalue weighted by Crippen LogP contribution is 2.13. The summed E-state index contributed by atoms with van der Waals surface area (Å²) in [7, 11) is 0. The Labute approximate surface area is 117 Å². The zero-order valence-electron chi connectivity index (χ0n) is 11.4. The van der Waals surface area contributed by atoms with Crippen LogP contribution in [0.5, 0.6) is 0 Å². The summed E-state index contributed by atoms with van der Waals surface area (Å²) in [6.07, 6.45) is 3.40. The van der Waals surface area contributed by atoms with Crippen LogP contribution >= 0.6 is 0 Å². The van der Waals surface area contributed by atoms with E-state index in [1.54, 1.807) is 0 Å². The molecule has 1 fully saturated rings. The monoisotopic (exact) mass is 273 g/mol. The van der Waals surface area contributed by atoms with E-state index < -0.39 is 0 Å². The second kappa shape index (κ2) is 6.05. The zero-order chi connectivity index (χ0) is 13.8. The van der Waals surface area contributed by atoms with Gasteiger partial charge in [0, 0.05) is 19.6 Å². The second-order valence-corrected chi connectivity index (χ2v) is 5.10. The van der Waals surface area contributed by atoms with E-state index in [9.17, 15) is 4.79 Å². The van der Waals surface area contributed by atoms with E-state index in [0.717, 1.165) is 36.1 Å². The molecular weight excluding hydrogens is 254 g/mol. The first-order valence-corrected chi connectivity index (χ1v) is 7.16. The Morgan fingerprint density at radius 1 is 1.40 bits per heavy atom. The number of hydrogen-bond donors (Lipinski definition) is 2. The molecule has 0 bridgehead atoms. The van der Waals surface area contributed by atoms with E-state index >= 15 is 0 Å². The largest absolute Gasteiger partial charge is 0.368 e. The van der Waals surface area contributed by atoms with Crippen molar-refractivity contribution in [2.24, 2.45) is 0 Å². The number of benzene rings is 1. The maximum atomic E-state index is 11.9. The number of hydrogen-bond acceptors (Lipinski definition) is 3. The number of carbonyl (C=O) groups excluding carboxylic acids is 1. The molecule has 1 aliphatic heterocycles. The van der Waals surface area contributed by atoms with Gasteiger partial charge in [0.05, 0.1) is 11.0 Å².